The molecule has 4 unspecified atom stereocenters. The van der Waals surface area contributed by atoms with Gasteiger partial charge in [-0.1, -0.05) is 17.7 Å². The number of methoxy groups -OCH3 is 2. The van der Waals surface area contributed by atoms with E-state index in [0.29, 0.717) is 30.9 Å². The predicted molar refractivity (Wildman–Crippen MR) is 116 cm³/mol. The molecule has 178 valence electrons. The quantitative estimate of drug-likeness (QED) is 0.532. The van der Waals surface area contributed by atoms with Gasteiger partial charge in [0, 0.05) is 6.20 Å². The van der Waals surface area contributed by atoms with Crippen LogP contribution in [0.5, 0.6) is 11.5 Å². The second-order valence-electron chi connectivity index (χ2n) is 8.13. The number of aliphatic imine (C=N–C) groups is 1. The second kappa shape index (κ2) is 8.93. The molecular weight excluding hydrogens is 461 g/mol. The van der Waals surface area contributed by atoms with E-state index in [4.69, 9.17) is 25.8 Å². The van der Waals surface area contributed by atoms with Gasteiger partial charge in [0.05, 0.1) is 49.4 Å². The van der Waals surface area contributed by atoms with E-state index in [1.165, 1.54) is 19.1 Å². The molecule has 0 bridgehead atoms. The Morgan fingerprint density at radius 2 is 1.94 bits per heavy atom. The van der Waals surface area contributed by atoms with Gasteiger partial charge in [-0.25, -0.2) is 0 Å². The summed E-state index contributed by atoms with van der Waals surface area (Å²) in [5, 5.41) is -0.0895. The minimum Gasteiger partial charge on any atom is -0.493 e. The molecule has 4 rings (SSSR count). The van der Waals surface area contributed by atoms with E-state index < -0.39 is 17.8 Å². The van der Waals surface area contributed by atoms with Crippen molar-refractivity contribution in [3.63, 3.8) is 0 Å². The van der Waals surface area contributed by atoms with Crippen LogP contribution in [0, 0.1) is 11.8 Å². The summed E-state index contributed by atoms with van der Waals surface area (Å²) in [4.78, 5) is 18.3. The summed E-state index contributed by atoms with van der Waals surface area (Å²) in [5.74, 6) is 0.663. The Kier molecular flexibility index (Phi) is 6.35. The fourth-order valence-corrected chi connectivity index (χ4v) is 4.70. The Labute approximate surface area is 194 Å². The third-order valence-corrected chi connectivity index (χ3v) is 6.43. The van der Waals surface area contributed by atoms with E-state index in [2.05, 4.69) is 4.99 Å². The van der Waals surface area contributed by atoms with Crippen molar-refractivity contribution in [1.82, 2.24) is 4.90 Å². The van der Waals surface area contributed by atoms with Crippen LogP contribution < -0.4 is 9.47 Å². The zero-order valence-corrected chi connectivity index (χ0v) is 19.1. The number of esters is 1. The van der Waals surface area contributed by atoms with Crippen LogP contribution in [-0.4, -0.2) is 49.7 Å². The van der Waals surface area contributed by atoms with Crippen molar-refractivity contribution in [2.75, 3.05) is 20.8 Å². The molecule has 10 heteroatoms. The lowest BCUT2D eigenvalue weighted by atomic mass is 9.91. The van der Waals surface area contributed by atoms with Crippen molar-refractivity contribution in [1.29, 1.82) is 0 Å². The topological polar surface area (TPSA) is 60.4 Å². The molecule has 1 aromatic carbocycles. The van der Waals surface area contributed by atoms with Crippen LogP contribution in [0.3, 0.4) is 0 Å². The lowest BCUT2D eigenvalue weighted by Crippen LogP contribution is -2.41. The Morgan fingerprint density at radius 1 is 1.21 bits per heavy atom. The highest BCUT2D eigenvalue weighted by atomic mass is 35.5. The molecule has 0 N–H and O–H groups in total. The molecule has 6 nitrogen and oxygen atoms in total. The number of ether oxygens (including phenoxy) is 3. The molecular formula is C23H24ClF3N2O4. The van der Waals surface area contributed by atoms with Crippen LogP contribution in [0.1, 0.15) is 31.4 Å². The van der Waals surface area contributed by atoms with Crippen LogP contribution in [0.2, 0.25) is 0 Å². The molecule has 0 radical (unpaired) electrons. The van der Waals surface area contributed by atoms with E-state index >= 15 is 0 Å². The Morgan fingerprint density at radius 3 is 2.58 bits per heavy atom. The van der Waals surface area contributed by atoms with Crippen LogP contribution in [0.15, 0.2) is 46.1 Å². The highest BCUT2D eigenvalue weighted by molar-refractivity contribution is 6.43. The van der Waals surface area contributed by atoms with Crippen molar-refractivity contribution in [2.45, 2.75) is 38.0 Å². The van der Waals surface area contributed by atoms with Gasteiger partial charge in [-0.05, 0) is 49.5 Å². The third-order valence-electron chi connectivity index (χ3n) is 6.15. The monoisotopic (exact) mass is 484 g/mol. The maximum atomic E-state index is 13.5. The summed E-state index contributed by atoms with van der Waals surface area (Å²) in [6.45, 7) is 2.04. The normalized spacial score (nSPS) is 26.5. The third kappa shape index (κ3) is 4.55. The standard InChI is InChI=1S/C23H24ClF3N2O4/c1-4-33-22(30)15-9-14(15)17-10-18(12-5-6-19(31-2)20(7-12)32-3)29-11-13(23(25,26)27)8-16(24)21(29)28-17/h5-8,11,14-15,17-18H,4,9-10H2,1-3H3. The summed E-state index contributed by atoms with van der Waals surface area (Å²) in [6.07, 6.45) is -1.59. The zero-order chi connectivity index (χ0) is 23.9. The minimum atomic E-state index is -4.56. The number of allylic oxidation sites excluding steroid dienone is 2. The van der Waals surface area contributed by atoms with Crippen molar-refractivity contribution < 1.29 is 32.2 Å². The van der Waals surface area contributed by atoms with Crippen molar-refractivity contribution in [3.8, 4) is 11.5 Å². The first-order valence-corrected chi connectivity index (χ1v) is 11.0. The Balaban J connectivity index is 1.73. The summed E-state index contributed by atoms with van der Waals surface area (Å²) in [5.41, 5.74) is -0.131. The van der Waals surface area contributed by atoms with Gasteiger partial charge in [0.1, 0.15) is 5.84 Å². The molecule has 1 aromatic rings. The molecule has 0 aromatic heterocycles. The highest BCUT2D eigenvalue weighted by Gasteiger charge is 2.51. The number of rotatable bonds is 6. The SMILES string of the molecule is CCOC(=O)C1CC1C1CC(c2ccc(OC)c(OC)c2)N2C=C(C(F)(F)F)C=C(Cl)C2=N1. The molecule has 0 saturated heterocycles. The Hall–Kier alpha value is -2.68. The van der Waals surface area contributed by atoms with Gasteiger partial charge in [0.25, 0.3) is 0 Å². The highest BCUT2D eigenvalue weighted by Crippen LogP contribution is 2.50. The van der Waals surface area contributed by atoms with Crippen molar-refractivity contribution >= 4 is 23.4 Å². The number of halogens is 4. The number of benzene rings is 1. The van der Waals surface area contributed by atoms with E-state index in [1.54, 1.807) is 25.1 Å². The fraction of sp³-hybridized carbons (Fsp3) is 0.478. The van der Waals surface area contributed by atoms with Crippen LogP contribution >= 0.6 is 11.6 Å². The summed E-state index contributed by atoms with van der Waals surface area (Å²) >= 11 is 6.30. The van der Waals surface area contributed by atoms with Crippen LogP contribution in [-0.2, 0) is 9.53 Å². The summed E-state index contributed by atoms with van der Waals surface area (Å²) < 4.78 is 56.4. The van der Waals surface area contributed by atoms with E-state index in [-0.39, 0.29) is 34.7 Å². The molecule has 4 atom stereocenters. The number of hydrogen-bond acceptors (Lipinski definition) is 6. The van der Waals surface area contributed by atoms with Gasteiger partial charge in [-0.2, -0.15) is 13.2 Å². The molecule has 0 amide bonds. The van der Waals surface area contributed by atoms with Gasteiger partial charge in [-0.15, -0.1) is 0 Å². The first kappa shape index (κ1) is 23.5. The average molecular weight is 485 g/mol. The average Bonchev–Trinajstić information content (AvgIpc) is 3.58. The molecule has 2 heterocycles. The number of carbonyl (C=O) groups excluding carboxylic acids is 1. The zero-order valence-electron chi connectivity index (χ0n) is 18.4. The molecule has 1 saturated carbocycles. The molecule has 2 aliphatic heterocycles. The number of amidine groups is 1. The minimum absolute atomic E-state index is 0.0428. The van der Waals surface area contributed by atoms with E-state index in [9.17, 15) is 18.0 Å². The largest absolute Gasteiger partial charge is 0.493 e. The smallest absolute Gasteiger partial charge is 0.417 e. The first-order valence-electron chi connectivity index (χ1n) is 10.6. The Bertz CT molecular complexity index is 1040. The van der Waals surface area contributed by atoms with E-state index in [0.717, 1.165) is 17.8 Å². The predicted octanol–water partition coefficient (Wildman–Crippen LogP) is 5.00. The molecule has 1 aliphatic carbocycles. The maximum Gasteiger partial charge on any atom is 0.417 e. The molecule has 3 aliphatic rings. The maximum absolute atomic E-state index is 13.5. The fourth-order valence-electron chi connectivity index (χ4n) is 4.43. The first-order chi connectivity index (χ1) is 15.7. The molecule has 0 spiro atoms. The number of nitrogens with zero attached hydrogens (tertiary/aromatic N) is 2. The number of carbonyl (C=O) groups is 1. The number of fused-ring (bicyclic) bond motifs is 1. The number of hydrogen-bond donors (Lipinski definition) is 0. The summed E-state index contributed by atoms with van der Waals surface area (Å²) in [7, 11) is 3.00. The van der Waals surface area contributed by atoms with Gasteiger partial charge in [0.15, 0.2) is 11.5 Å². The van der Waals surface area contributed by atoms with Gasteiger partial charge < -0.3 is 19.1 Å². The second-order valence-corrected chi connectivity index (χ2v) is 8.53. The van der Waals surface area contributed by atoms with Gasteiger partial charge in [0.2, 0.25) is 0 Å². The van der Waals surface area contributed by atoms with E-state index in [1.807, 2.05) is 0 Å². The van der Waals surface area contributed by atoms with Gasteiger partial charge >= 0.3 is 12.1 Å². The lowest BCUT2D eigenvalue weighted by Gasteiger charge is -2.40. The van der Waals surface area contributed by atoms with Crippen LogP contribution in [0.4, 0.5) is 13.2 Å². The van der Waals surface area contributed by atoms with Crippen molar-refractivity contribution in [2.24, 2.45) is 16.8 Å². The molecule has 33 heavy (non-hydrogen) atoms. The summed E-state index contributed by atoms with van der Waals surface area (Å²) in [6, 6.07) is 4.46. The lowest BCUT2D eigenvalue weighted by molar-refractivity contribution is -0.145. The molecule has 1 fully saturated rings. The van der Waals surface area contributed by atoms with Gasteiger partial charge in [-0.3, -0.25) is 9.79 Å². The van der Waals surface area contributed by atoms with Crippen molar-refractivity contribution in [3.05, 3.63) is 46.6 Å². The number of alkyl halides is 3. The van der Waals surface area contributed by atoms with Crippen LogP contribution in [0.25, 0.3) is 0 Å².